The van der Waals surface area contributed by atoms with Crippen LogP contribution in [0.1, 0.15) is 20.3 Å². The molecule has 0 aromatic rings. The second-order valence-electron chi connectivity index (χ2n) is 2.42. The zero-order valence-corrected chi connectivity index (χ0v) is 5.85. The molecule has 0 bridgehead atoms. The Kier molecular flexibility index (Phi) is 2.65. The Balaban J connectivity index is 4.09. The Labute approximate surface area is 54.9 Å². The van der Waals surface area contributed by atoms with Gasteiger partial charge in [-0.25, -0.2) is 0 Å². The molecule has 0 aliphatic carbocycles. The van der Waals surface area contributed by atoms with Crippen molar-refractivity contribution in [3.8, 4) is 0 Å². The fraction of sp³-hybridized carbons (Fsp3) is 0.833. The lowest BCUT2D eigenvalue weighted by Gasteiger charge is -2.19. The van der Waals surface area contributed by atoms with Gasteiger partial charge in [-0.05, 0) is 13.3 Å². The normalized spacial score (nSPS) is 16.8. The quantitative estimate of drug-likeness (QED) is 0.584. The first-order chi connectivity index (χ1) is 4.06. The summed E-state index contributed by atoms with van der Waals surface area (Å²) in [6, 6.07) is 0. The standard InChI is InChI=1S/C6H13NO2/c1-3-6(2,4-7)5(8)9/h3-4,7H2,1-2H3,(H,8,9). The summed E-state index contributed by atoms with van der Waals surface area (Å²) < 4.78 is 0. The molecule has 3 N–H and O–H groups in total. The molecule has 0 saturated heterocycles. The Morgan fingerprint density at radius 3 is 2.22 bits per heavy atom. The van der Waals surface area contributed by atoms with Crippen molar-refractivity contribution in [2.75, 3.05) is 6.54 Å². The average Bonchev–Trinajstić information content (AvgIpc) is 1.86. The monoisotopic (exact) mass is 131 g/mol. The van der Waals surface area contributed by atoms with Crippen LogP contribution in [0, 0.1) is 5.41 Å². The number of rotatable bonds is 3. The highest BCUT2D eigenvalue weighted by molar-refractivity contribution is 5.74. The van der Waals surface area contributed by atoms with Crippen LogP contribution in [0.3, 0.4) is 0 Å². The third kappa shape index (κ3) is 1.68. The van der Waals surface area contributed by atoms with E-state index in [9.17, 15) is 4.79 Å². The summed E-state index contributed by atoms with van der Waals surface area (Å²) in [6.07, 6.45) is 0.582. The van der Waals surface area contributed by atoms with Crippen molar-refractivity contribution in [1.82, 2.24) is 0 Å². The molecule has 0 aromatic heterocycles. The molecule has 0 fully saturated rings. The van der Waals surface area contributed by atoms with Crippen molar-refractivity contribution in [2.24, 2.45) is 11.1 Å². The van der Waals surface area contributed by atoms with Gasteiger partial charge in [-0.2, -0.15) is 0 Å². The van der Waals surface area contributed by atoms with Crippen LogP contribution in [0.2, 0.25) is 0 Å². The van der Waals surface area contributed by atoms with E-state index in [2.05, 4.69) is 0 Å². The van der Waals surface area contributed by atoms with Gasteiger partial charge in [-0.15, -0.1) is 0 Å². The summed E-state index contributed by atoms with van der Waals surface area (Å²) in [5.41, 5.74) is 4.52. The van der Waals surface area contributed by atoms with Gasteiger partial charge in [0.1, 0.15) is 0 Å². The minimum atomic E-state index is -0.812. The average molecular weight is 131 g/mol. The predicted octanol–water partition coefficient (Wildman–Crippen LogP) is 0.446. The van der Waals surface area contributed by atoms with Gasteiger partial charge < -0.3 is 10.8 Å². The molecular formula is C6H13NO2. The van der Waals surface area contributed by atoms with E-state index >= 15 is 0 Å². The molecule has 0 aliphatic heterocycles. The topological polar surface area (TPSA) is 63.3 Å². The van der Waals surface area contributed by atoms with Crippen LogP contribution in [-0.2, 0) is 4.79 Å². The Hall–Kier alpha value is -0.570. The van der Waals surface area contributed by atoms with Crippen molar-refractivity contribution in [3.63, 3.8) is 0 Å². The Morgan fingerprint density at radius 1 is 1.78 bits per heavy atom. The van der Waals surface area contributed by atoms with E-state index in [1.807, 2.05) is 6.92 Å². The molecule has 0 saturated carbocycles. The molecule has 9 heavy (non-hydrogen) atoms. The van der Waals surface area contributed by atoms with E-state index in [4.69, 9.17) is 10.8 Å². The zero-order valence-electron chi connectivity index (χ0n) is 5.85. The van der Waals surface area contributed by atoms with E-state index in [1.54, 1.807) is 6.92 Å². The summed E-state index contributed by atoms with van der Waals surface area (Å²) in [7, 11) is 0. The van der Waals surface area contributed by atoms with E-state index in [0.717, 1.165) is 0 Å². The van der Waals surface area contributed by atoms with Crippen LogP contribution >= 0.6 is 0 Å². The number of aliphatic carboxylic acids is 1. The van der Waals surface area contributed by atoms with Crippen LogP contribution in [0.4, 0.5) is 0 Å². The number of nitrogens with two attached hydrogens (primary N) is 1. The smallest absolute Gasteiger partial charge is 0.310 e. The lowest BCUT2D eigenvalue weighted by molar-refractivity contribution is -0.147. The van der Waals surface area contributed by atoms with E-state index < -0.39 is 11.4 Å². The first kappa shape index (κ1) is 8.43. The van der Waals surface area contributed by atoms with E-state index in [1.165, 1.54) is 0 Å². The maximum absolute atomic E-state index is 10.4. The molecule has 0 radical (unpaired) electrons. The first-order valence-electron chi connectivity index (χ1n) is 3.00. The summed E-state index contributed by atoms with van der Waals surface area (Å²) in [6.45, 7) is 3.68. The molecule has 0 rings (SSSR count). The summed E-state index contributed by atoms with van der Waals surface area (Å²) in [5.74, 6) is -0.812. The minimum absolute atomic E-state index is 0.207. The SMILES string of the molecule is CCC(C)(CN)C(=O)O. The lowest BCUT2D eigenvalue weighted by Crippen LogP contribution is -2.34. The van der Waals surface area contributed by atoms with E-state index in [-0.39, 0.29) is 6.54 Å². The summed E-state index contributed by atoms with van der Waals surface area (Å²) >= 11 is 0. The number of hydrogen-bond donors (Lipinski definition) is 2. The number of hydrogen-bond acceptors (Lipinski definition) is 2. The van der Waals surface area contributed by atoms with Crippen molar-refractivity contribution < 1.29 is 9.90 Å². The molecule has 0 spiro atoms. The van der Waals surface area contributed by atoms with Crippen LogP contribution in [0.5, 0.6) is 0 Å². The van der Waals surface area contributed by atoms with Gasteiger partial charge in [0.25, 0.3) is 0 Å². The molecule has 0 amide bonds. The van der Waals surface area contributed by atoms with Gasteiger partial charge in [0.15, 0.2) is 0 Å². The fourth-order valence-corrected chi connectivity index (χ4v) is 0.383. The Bertz CT molecular complexity index is 108. The molecule has 0 aliphatic rings. The van der Waals surface area contributed by atoms with Crippen molar-refractivity contribution in [3.05, 3.63) is 0 Å². The van der Waals surface area contributed by atoms with Crippen molar-refractivity contribution in [2.45, 2.75) is 20.3 Å². The van der Waals surface area contributed by atoms with Crippen molar-refractivity contribution >= 4 is 5.97 Å². The molecule has 3 nitrogen and oxygen atoms in total. The summed E-state index contributed by atoms with van der Waals surface area (Å²) in [4.78, 5) is 10.4. The molecule has 0 aromatic carbocycles. The van der Waals surface area contributed by atoms with Crippen LogP contribution < -0.4 is 5.73 Å². The predicted molar refractivity (Wildman–Crippen MR) is 35.1 cm³/mol. The van der Waals surface area contributed by atoms with Crippen LogP contribution in [-0.4, -0.2) is 17.6 Å². The zero-order chi connectivity index (χ0) is 7.49. The molecule has 0 heterocycles. The van der Waals surface area contributed by atoms with Crippen LogP contribution in [0.15, 0.2) is 0 Å². The minimum Gasteiger partial charge on any atom is -0.481 e. The van der Waals surface area contributed by atoms with Gasteiger partial charge in [0.2, 0.25) is 0 Å². The molecular weight excluding hydrogens is 118 g/mol. The highest BCUT2D eigenvalue weighted by Crippen LogP contribution is 2.18. The number of carboxylic acids is 1. The molecule has 3 heteroatoms. The Morgan fingerprint density at radius 2 is 2.22 bits per heavy atom. The second-order valence-corrected chi connectivity index (χ2v) is 2.42. The van der Waals surface area contributed by atoms with Crippen molar-refractivity contribution in [1.29, 1.82) is 0 Å². The highest BCUT2D eigenvalue weighted by Gasteiger charge is 2.28. The van der Waals surface area contributed by atoms with Gasteiger partial charge in [0.05, 0.1) is 5.41 Å². The third-order valence-corrected chi connectivity index (χ3v) is 1.75. The van der Waals surface area contributed by atoms with Crippen LogP contribution in [0.25, 0.3) is 0 Å². The van der Waals surface area contributed by atoms with E-state index in [0.29, 0.717) is 6.42 Å². The maximum atomic E-state index is 10.4. The third-order valence-electron chi connectivity index (χ3n) is 1.75. The number of carboxylic acid groups (broad SMARTS) is 1. The second kappa shape index (κ2) is 2.82. The maximum Gasteiger partial charge on any atom is 0.310 e. The molecule has 54 valence electrons. The fourth-order valence-electron chi connectivity index (χ4n) is 0.383. The first-order valence-corrected chi connectivity index (χ1v) is 3.00. The van der Waals surface area contributed by atoms with Gasteiger partial charge in [0, 0.05) is 6.54 Å². The van der Waals surface area contributed by atoms with Gasteiger partial charge in [-0.1, -0.05) is 6.92 Å². The molecule has 1 unspecified atom stereocenters. The van der Waals surface area contributed by atoms with Gasteiger partial charge in [-0.3, -0.25) is 4.79 Å². The highest BCUT2D eigenvalue weighted by atomic mass is 16.4. The van der Waals surface area contributed by atoms with Gasteiger partial charge >= 0.3 is 5.97 Å². The number of carbonyl (C=O) groups is 1. The lowest BCUT2D eigenvalue weighted by atomic mass is 9.88. The summed E-state index contributed by atoms with van der Waals surface area (Å²) in [5, 5.41) is 8.55. The largest absolute Gasteiger partial charge is 0.481 e. The molecule has 1 atom stereocenters.